The normalized spacial score (nSPS) is 12.2. The average molecular weight is 278 g/mol. The smallest absolute Gasteiger partial charge is 0.167 e. The van der Waals surface area contributed by atoms with E-state index in [1.165, 1.54) is 0 Å². The van der Waals surface area contributed by atoms with E-state index in [0.29, 0.717) is 11.7 Å². The van der Waals surface area contributed by atoms with E-state index in [-0.39, 0.29) is 6.04 Å². The molecule has 0 saturated heterocycles. The van der Waals surface area contributed by atoms with Gasteiger partial charge in [-0.05, 0) is 38.2 Å². The van der Waals surface area contributed by atoms with Crippen molar-refractivity contribution in [3.8, 4) is 0 Å². The van der Waals surface area contributed by atoms with Crippen molar-refractivity contribution in [1.82, 2.24) is 20.4 Å². The molecule has 2 aromatic rings. The summed E-state index contributed by atoms with van der Waals surface area (Å²) >= 11 is 5.26. The van der Waals surface area contributed by atoms with Crippen molar-refractivity contribution in [1.29, 1.82) is 0 Å². The van der Waals surface area contributed by atoms with E-state index in [4.69, 9.17) is 16.6 Å². The van der Waals surface area contributed by atoms with Gasteiger partial charge >= 0.3 is 0 Å². The quantitative estimate of drug-likeness (QED) is 0.838. The molecular weight excluding hydrogens is 260 g/mol. The van der Waals surface area contributed by atoms with Crippen LogP contribution in [-0.2, 0) is 13.6 Å². The summed E-state index contributed by atoms with van der Waals surface area (Å²) in [6.45, 7) is 4.63. The van der Waals surface area contributed by atoms with Gasteiger partial charge in [0.05, 0.1) is 24.5 Å². The molecule has 102 valence electrons. The van der Waals surface area contributed by atoms with Gasteiger partial charge < -0.3 is 15.1 Å². The highest BCUT2D eigenvalue weighted by Crippen LogP contribution is 2.15. The van der Waals surface area contributed by atoms with Gasteiger partial charge in [0, 0.05) is 18.8 Å². The number of aromatic nitrogens is 2. The van der Waals surface area contributed by atoms with Gasteiger partial charge in [-0.25, -0.2) is 0 Å². The van der Waals surface area contributed by atoms with Crippen molar-refractivity contribution in [2.24, 2.45) is 7.05 Å². The van der Waals surface area contributed by atoms with Crippen LogP contribution in [0.25, 0.3) is 0 Å². The zero-order valence-corrected chi connectivity index (χ0v) is 12.1. The summed E-state index contributed by atoms with van der Waals surface area (Å²) < 4.78 is 7.04. The third-order valence-corrected chi connectivity index (χ3v) is 3.13. The molecule has 0 aromatic carbocycles. The van der Waals surface area contributed by atoms with Crippen molar-refractivity contribution in [3.05, 3.63) is 41.6 Å². The molecule has 2 N–H and O–H groups in total. The van der Waals surface area contributed by atoms with Crippen LogP contribution in [-0.4, -0.2) is 14.9 Å². The second-order valence-electron chi connectivity index (χ2n) is 4.47. The Morgan fingerprint density at radius 2 is 2.37 bits per heavy atom. The van der Waals surface area contributed by atoms with Gasteiger partial charge in [0.1, 0.15) is 5.76 Å². The zero-order valence-electron chi connectivity index (χ0n) is 11.3. The van der Waals surface area contributed by atoms with Crippen molar-refractivity contribution in [2.45, 2.75) is 26.4 Å². The lowest BCUT2D eigenvalue weighted by Gasteiger charge is -2.16. The predicted molar refractivity (Wildman–Crippen MR) is 77.6 cm³/mol. The molecule has 1 atom stereocenters. The topological polar surface area (TPSA) is 55.0 Å². The van der Waals surface area contributed by atoms with Gasteiger partial charge in [-0.1, -0.05) is 0 Å². The molecule has 0 aliphatic rings. The molecule has 0 fully saturated rings. The summed E-state index contributed by atoms with van der Waals surface area (Å²) in [5.41, 5.74) is 2.15. The maximum absolute atomic E-state index is 5.26. The van der Waals surface area contributed by atoms with Crippen LogP contribution in [0.2, 0.25) is 0 Å². The highest BCUT2D eigenvalue weighted by molar-refractivity contribution is 7.80. The predicted octanol–water partition coefficient (Wildman–Crippen LogP) is 2.05. The number of aryl methyl sites for hydroxylation is 2. The minimum atomic E-state index is 0.116. The summed E-state index contributed by atoms with van der Waals surface area (Å²) in [4.78, 5) is 0. The van der Waals surface area contributed by atoms with Gasteiger partial charge in [-0.3, -0.25) is 4.68 Å². The fraction of sp³-hybridized carbons (Fsp3) is 0.385. The van der Waals surface area contributed by atoms with Crippen LogP contribution in [0, 0.1) is 6.92 Å². The Morgan fingerprint density at radius 1 is 1.58 bits per heavy atom. The highest BCUT2D eigenvalue weighted by Gasteiger charge is 2.12. The Bertz CT molecular complexity index is 547. The van der Waals surface area contributed by atoms with Crippen LogP contribution >= 0.6 is 12.2 Å². The summed E-state index contributed by atoms with van der Waals surface area (Å²) in [5, 5.41) is 11.3. The molecule has 2 aromatic heterocycles. The van der Waals surface area contributed by atoms with E-state index in [2.05, 4.69) is 22.7 Å². The number of nitrogens with one attached hydrogen (secondary N) is 2. The molecule has 6 heteroatoms. The van der Waals surface area contributed by atoms with E-state index >= 15 is 0 Å². The summed E-state index contributed by atoms with van der Waals surface area (Å²) in [6.07, 6.45) is 3.65. The largest absolute Gasteiger partial charge is 0.467 e. The monoisotopic (exact) mass is 278 g/mol. The summed E-state index contributed by atoms with van der Waals surface area (Å²) in [5.74, 6) is 0.856. The maximum atomic E-state index is 5.26. The van der Waals surface area contributed by atoms with Crippen LogP contribution in [0.3, 0.4) is 0 Å². The lowest BCUT2D eigenvalue weighted by molar-refractivity contribution is 0.501. The number of rotatable bonds is 4. The molecule has 19 heavy (non-hydrogen) atoms. The molecule has 0 bridgehead atoms. The Balaban J connectivity index is 1.86. The molecule has 0 aliphatic carbocycles. The van der Waals surface area contributed by atoms with Crippen molar-refractivity contribution >= 4 is 17.3 Å². The lowest BCUT2D eigenvalue weighted by atomic mass is 10.1. The third kappa shape index (κ3) is 3.57. The molecule has 5 nitrogen and oxygen atoms in total. The molecule has 1 unspecified atom stereocenters. The van der Waals surface area contributed by atoms with Crippen LogP contribution in [0.1, 0.15) is 30.0 Å². The number of hydrogen-bond acceptors (Lipinski definition) is 3. The molecule has 0 aliphatic heterocycles. The van der Waals surface area contributed by atoms with Crippen molar-refractivity contribution in [2.75, 3.05) is 0 Å². The third-order valence-electron chi connectivity index (χ3n) is 2.87. The molecular formula is C13H18N4OS. The number of hydrogen-bond donors (Lipinski definition) is 2. The second kappa shape index (κ2) is 5.88. The second-order valence-corrected chi connectivity index (χ2v) is 4.88. The lowest BCUT2D eigenvalue weighted by Crippen LogP contribution is -2.36. The van der Waals surface area contributed by atoms with Crippen molar-refractivity contribution in [3.63, 3.8) is 0 Å². The maximum Gasteiger partial charge on any atom is 0.167 e. The van der Waals surface area contributed by atoms with Crippen LogP contribution in [0.4, 0.5) is 0 Å². The highest BCUT2D eigenvalue weighted by atomic mass is 32.1. The van der Waals surface area contributed by atoms with Gasteiger partial charge in [0.25, 0.3) is 0 Å². The number of thiocarbonyl (C=S) groups is 1. The Hall–Kier alpha value is -1.82. The molecule has 2 rings (SSSR count). The van der Waals surface area contributed by atoms with E-state index in [1.54, 1.807) is 6.26 Å². The molecule has 0 saturated carbocycles. The molecule has 2 heterocycles. The van der Waals surface area contributed by atoms with Crippen LogP contribution < -0.4 is 10.6 Å². The first-order valence-electron chi connectivity index (χ1n) is 6.13. The van der Waals surface area contributed by atoms with Gasteiger partial charge in [0.15, 0.2) is 5.11 Å². The summed E-state index contributed by atoms with van der Waals surface area (Å²) in [7, 11) is 1.91. The van der Waals surface area contributed by atoms with E-state index in [1.807, 2.05) is 37.0 Å². The Kier molecular flexibility index (Phi) is 4.21. The first-order chi connectivity index (χ1) is 9.06. The van der Waals surface area contributed by atoms with Crippen LogP contribution in [0.5, 0.6) is 0 Å². The first-order valence-corrected chi connectivity index (χ1v) is 6.54. The fourth-order valence-corrected chi connectivity index (χ4v) is 2.20. The van der Waals surface area contributed by atoms with Gasteiger partial charge in [0.2, 0.25) is 0 Å². The van der Waals surface area contributed by atoms with Crippen LogP contribution in [0.15, 0.2) is 29.0 Å². The number of nitrogens with zero attached hydrogens (tertiary/aromatic N) is 2. The van der Waals surface area contributed by atoms with E-state index in [9.17, 15) is 0 Å². The van der Waals surface area contributed by atoms with Gasteiger partial charge in [-0.15, -0.1) is 0 Å². The fourth-order valence-electron chi connectivity index (χ4n) is 1.95. The first kappa shape index (κ1) is 13.6. The van der Waals surface area contributed by atoms with Crippen molar-refractivity contribution < 1.29 is 4.42 Å². The molecule has 0 spiro atoms. The Labute approximate surface area is 118 Å². The van der Waals surface area contributed by atoms with E-state index in [0.717, 1.165) is 17.0 Å². The SMILES string of the molecule is Cc1nn(C)cc1C(C)NC(=S)NCc1ccco1. The molecule has 0 radical (unpaired) electrons. The standard InChI is InChI=1S/C13H18N4OS/c1-9(12-8-17(3)16-10(12)2)15-13(19)14-7-11-5-4-6-18-11/h4-6,8-9H,7H2,1-3H3,(H2,14,15,19). The molecule has 0 amide bonds. The minimum absolute atomic E-state index is 0.116. The van der Waals surface area contributed by atoms with E-state index < -0.39 is 0 Å². The zero-order chi connectivity index (χ0) is 13.8. The van der Waals surface area contributed by atoms with Gasteiger partial charge in [-0.2, -0.15) is 5.10 Å². The minimum Gasteiger partial charge on any atom is -0.467 e. The summed E-state index contributed by atoms with van der Waals surface area (Å²) in [6, 6.07) is 3.88. The average Bonchev–Trinajstić information content (AvgIpc) is 2.96. The number of furan rings is 1. The Morgan fingerprint density at radius 3 is 2.95 bits per heavy atom.